The average molecular weight is 356 g/mol. The Morgan fingerprint density at radius 2 is 2.00 bits per heavy atom. The Morgan fingerprint density at radius 1 is 1.30 bits per heavy atom. The first kappa shape index (κ1) is 8.52. The molecule has 0 saturated carbocycles. The molecule has 0 radical (unpaired) electrons. The van der Waals surface area contributed by atoms with Crippen molar-refractivity contribution in [3.63, 3.8) is 0 Å². The molecule has 0 aliphatic carbocycles. The van der Waals surface area contributed by atoms with Crippen LogP contribution in [0.25, 0.3) is 6.08 Å². The molecule has 0 aliphatic rings. The van der Waals surface area contributed by atoms with Crippen LogP contribution in [-0.2, 0) is 0 Å². The lowest BCUT2D eigenvalue weighted by Crippen LogP contribution is -1.79. The van der Waals surface area contributed by atoms with Crippen molar-refractivity contribution in [2.45, 2.75) is 0 Å². The maximum Gasteiger partial charge on any atom is 0.0203 e. The lowest BCUT2D eigenvalue weighted by atomic mass is 10.2. The van der Waals surface area contributed by atoms with Crippen LogP contribution >= 0.6 is 45.2 Å². The molecule has 2 heteroatoms. The summed E-state index contributed by atoms with van der Waals surface area (Å²) >= 11 is 4.60. The Kier molecular flexibility index (Phi) is 3.16. The highest BCUT2D eigenvalue weighted by atomic mass is 127. The number of rotatable bonds is 1. The van der Waals surface area contributed by atoms with Crippen LogP contribution in [0.4, 0.5) is 0 Å². The maximum atomic E-state index is 3.72. The Balaban J connectivity index is 3.21. The van der Waals surface area contributed by atoms with Gasteiger partial charge in [0.1, 0.15) is 0 Å². The third kappa shape index (κ3) is 1.95. The van der Waals surface area contributed by atoms with Crippen molar-refractivity contribution >= 4 is 51.3 Å². The smallest absolute Gasteiger partial charge is 0.0203 e. The van der Waals surface area contributed by atoms with Crippen LogP contribution in [-0.4, -0.2) is 0 Å². The van der Waals surface area contributed by atoms with Gasteiger partial charge in [0.25, 0.3) is 0 Å². The predicted octanol–water partition coefficient (Wildman–Crippen LogP) is 3.54. The van der Waals surface area contributed by atoms with Crippen molar-refractivity contribution in [1.82, 2.24) is 0 Å². The number of benzene rings is 1. The molecule has 0 atom stereocenters. The molecule has 0 saturated heterocycles. The van der Waals surface area contributed by atoms with Crippen LogP contribution in [0.1, 0.15) is 5.56 Å². The third-order valence-corrected chi connectivity index (χ3v) is 2.83. The summed E-state index contributed by atoms with van der Waals surface area (Å²) in [5.74, 6) is 0. The molecule has 0 heterocycles. The fourth-order valence-corrected chi connectivity index (χ4v) is 1.74. The topological polar surface area (TPSA) is 0 Å². The van der Waals surface area contributed by atoms with E-state index < -0.39 is 0 Å². The summed E-state index contributed by atoms with van der Waals surface area (Å²) in [5, 5.41) is 0. The largest absolute Gasteiger partial charge is 0.0984 e. The highest BCUT2D eigenvalue weighted by Crippen LogP contribution is 2.16. The van der Waals surface area contributed by atoms with Gasteiger partial charge in [-0.2, -0.15) is 0 Å². The van der Waals surface area contributed by atoms with Gasteiger partial charge < -0.3 is 0 Å². The van der Waals surface area contributed by atoms with Crippen LogP contribution < -0.4 is 0 Å². The minimum Gasteiger partial charge on any atom is -0.0984 e. The summed E-state index contributed by atoms with van der Waals surface area (Å²) in [6.45, 7) is 3.72. The molecular weight excluding hydrogens is 350 g/mol. The fourth-order valence-electron chi connectivity index (χ4n) is 0.671. The molecule has 0 bridgehead atoms. The quantitative estimate of drug-likeness (QED) is 0.676. The van der Waals surface area contributed by atoms with Crippen molar-refractivity contribution in [3.05, 3.63) is 37.5 Å². The normalized spacial score (nSPS) is 9.40. The third-order valence-electron chi connectivity index (χ3n) is 1.18. The Labute approximate surface area is 88.0 Å². The second kappa shape index (κ2) is 3.71. The Morgan fingerprint density at radius 3 is 2.50 bits per heavy atom. The molecule has 1 rings (SSSR count). The minimum atomic E-state index is 1.22. The second-order valence-corrected chi connectivity index (χ2v) is 4.28. The van der Waals surface area contributed by atoms with Crippen LogP contribution in [0.3, 0.4) is 0 Å². The van der Waals surface area contributed by atoms with Gasteiger partial charge in [0.2, 0.25) is 0 Å². The van der Waals surface area contributed by atoms with Crippen molar-refractivity contribution in [3.8, 4) is 0 Å². The molecule has 0 N–H and O–H groups in total. The number of hydrogen-bond donors (Lipinski definition) is 0. The molecule has 0 aromatic heterocycles. The molecule has 0 spiro atoms. The van der Waals surface area contributed by atoms with E-state index in [1.165, 1.54) is 12.7 Å². The van der Waals surface area contributed by atoms with Crippen molar-refractivity contribution < 1.29 is 0 Å². The van der Waals surface area contributed by atoms with Gasteiger partial charge in [-0.05, 0) is 68.9 Å². The molecular formula is C8H6I2. The summed E-state index contributed by atoms with van der Waals surface area (Å²) in [5.41, 5.74) is 1.22. The van der Waals surface area contributed by atoms with Gasteiger partial charge in [0.15, 0.2) is 0 Å². The van der Waals surface area contributed by atoms with Gasteiger partial charge in [-0.15, -0.1) is 0 Å². The van der Waals surface area contributed by atoms with Gasteiger partial charge in [-0.3, -0.25) is 0 Å². The zero-order valence-corrected chi connectivity index (χ0v) is 9.59. The Hall–Kier alpha value is 0.420. The lowest BCUT2D eigenvalue weighted by molar-refractivity contribution is 1.56. The van der Waals surface area contributed by atoms with E-state index in [2.05, 4.69) is 70.0 Å². The van der Waals surface area contributed by atoms with Gasteiger partial charge in [-0.25, -0.2) is 0 Å². The summed E-state index contributed by atoms with van der Waals surface area (Å²) in [7, 11) is 0. The first-order valence-electron chi connectivity index (χ1n) is 2.81. The molecule has 0 nitrogen and oxygen atoms in total. The predicted molar refractivity (Wildman–Crippen MR) is 62.0 cm³/mol. The van der Waals surface area contributed by atoms with E-state index in [9.17, 15) is 0 Å². The van der Waals surface area contributed by atoms with Crippen LogP contribution in [0.5, 0.6) is 0 Å². The summed E-state index contributed by atoms with van der Waals surface area (Å²) < 4.78 is 2.51. The van der Waals surface area contributed by atoms with E-state index >= 15 is 0 Å². The van der Waals surface area contributed by atoms with Crippen molar-refractivity contribution in [1.29, 1.82) is 0 Å². The van der Waals surface area contributed by atoms with E-state index in [0.29, 0.717) is 0 Å². The first-order valence-corrected chi connectivity index (χ1v) is 4.97. The number of hydrogen-bond acceptors (Lipinski definition) is 0. The fraction of sp³-hybridized carbons (Fsp3) is 0. The summed E-state index contributed by atoms with van der Waals surface area (Å²) in [6, 6.07) is 6.31. The molecule has 1 aromatic carbocycles. The SMILES string of the molecule is C=Cc1cc(I)ccc1I. The zero-order valence-electron chi connectivity index (χ0n) is 5.27. The Bertz CT molecular complexity index is 253. The van der Waals surface area contributed by atoms with E-state index in [1.807, 2.05) is 6.08 Å². The van der Waals surface area contributed by atoms with Gasteiger partial charge in [-0.1, -0.05) is 12.7 Å². The van der Waals surface area contributed by atoms with Crippen molar-refractivity contribution in [2.24, 2.45) is 0 Å². The maximum absolute atomic E-state index is 3.72. The second-order valence-electron chi connectivity index (χ2n) is 1.87. The molecule has 1 aromatic rings. The number of halogens is 2. The van der Waals surface area contributed by atoms with E-state index in [-0.39, 0.29) is 0 Å². The van der Waals surface area contributed by atoms with Crippen molar-refractivity contribution in [2.75, 3.05) is 0 Å². The van der Waals surface area contributed by atoms with E-state index in [0.717, 1.165) is 0 Å². The monoisotopic (exact) mass is 356 g/mol. The molecule has 0 aliphatic heterocycles. The van der Waals surface area contributed by atoms with Gasteiger partial charge in [0.05, 0.1) is 0 Å². The van der Waals surface area contributed by atoms with Gasteiger partial charge in [0, 0.05) is 7.14 Å². The summed E-state index contributed by atoms with van der Waals surface area (Å²) in [6.07, 6.45) is 1.88. The standard InChI is InChI=1S/C8H6I2/c1-2-6-5-7(9)3-4-8(6)10/h2-5H,1H2. The minimum absolute atomic E-state index is 1.22. The van der Waals surface area contributed by atoms with E-state index in [1.54, 1.807) is 0 Å². The van der Waals surface area contributed by atoms with Crippen LogP contribution in [0, 0.1) is 7.14 Å². The van der Waals surface area contributed by atoms with Gasteiger partial charge >= 0.3 is 0 Å². The summed E-state index contributed by atoms with van der Waals surface area (Å²) in [4.78, 5) is 0. The zero-order chi connectivity index (χ0) is 7.56. The first-order chi connectivity index (χ1) is 4.74. The molecule has 0 fully saturated rings. The van der Waals surface area contributed by atoms with Crippen LogP contribution in [0.15, 0.2) is 24.8 Å². The molecule has 0 amide bonds. The lowest BCUT2D eigenvalue weighted by Gasteiger charge is -1.97. The van der Waals surface area contributed by atoms with E-state index in [4.69, 9.17) is 0 Å². The average Bonchev–Trinajstić information content (AvgIpc) is 1.94. The molecule has 0 unspecified atom stereocenters. The van der Waals surface area contributed by atoms with Crippen LogP contribution in [0.2, 0.25) is 0 Å². The molecule has 10 heavy (non-hydrogen) atoms. The highest BCUT2D eigenvalue weighted by molar-refractivity contribution is 14.1. The highest BCUT2D eigenvalue weighted by Gasteiger charge is 1.93. The molecule has 52 valence electrons.